The largest absolute Gasteiger partial charge is 0.464 e. The lowest BCUT2D eigenvalue weighted by Crippen LogP contribution is -2.38. The van der Waals surface area contributed by atoms with Crippen LogP contribution in [0.4, 0.5) is 4.79 Å². The summed E-state index contributed by atoms with van der Waals surface area (Å²) < 4.78 is 0. The van der Waals surface area contributed by atoms with Crippen LogP contribution in [0.5, 0.6) is 0 Å². The third kappa shape index (κ3) is 2.76. The van der Waals surface area contributed by atoms with Gasteiger partial charge in [0.15, 0.2) is 0 Å². The Kier molecular flexibility index (Phi) is 3.28. The zero-order valence-corrected chi connectivity index (χ0v) is 7.40. The van der Waals surface area contributed by atoms with Crippen molar-refractivity contribution >= 4 is 6.09 Å². The number of carboxylic acid groups (broad SMARTS) is 1. The van der Waals surface area contributed by atoms with E-state index < -0.39 is 6.09 Å². The van der Waals surface area contributed by atoms with Crippen molar-refractivity contribution in [3.63, 3.8) is 0 Å². The van der Waals surface area contributed by atoms with Crippen LogP contribution >= 0.6 is 0 Å². The third-order valence-corrected chi connectivity index (χ3v) is 1.68. The van der Waals surface area contributed by atoms with Crippen LogP contribution in [0.1, 0.15) is 5.56 Å². The Morgan fingerprint density at radius 2 is 2.08 bits per heavy atom. The van der Waals surface area contributed by atoms with Gasteiger partial charge < -0.3 is 5.11 Å². The van der Waals surface area contributed by atoms with Crippen molar-refractivity contribution in [1.82, 2.24) is 10.4 Å². The third-order valence-electron chi connectivity index (χ3n) is 1.68. The Morgan fingerprint density at radius 3 is 2.54 bits per heavy atom. The molecule has 13 heavy (non-hydrogen) atoms. The predicted octanol–water partition coefficient (Wildman–Crippen LogP) is 1.30. The Hall–Kier alpha value is -1.55. The summed E-state index contributed by atoms with van der Waals surface area (Å²) >= 11 is 0. The first kappa shape index (κ1) is 9.54. The van der Waals surface area contributed by atoms with Gasteiger partial charge >= 0.3 is 6.09 Å². The molecular formula is C9H12N2O2. The van der Waals surface area contributed by atoms with Gasteiger partial charge in [-0.1, -0.05) is 30.3 Å². The highest BCUT2D eigenvalue weighted by atomic mass is 16.4. The fourth-order valence-electron chi connectivity index (χ4n) is 1.01. The van der Waals surface area contributed by atoms with Crippen molar-refractivity contribution in [2.45, 2.75) is 6.54 Å². The number of rotatable bonds is 3. The van der Waals surface area contributed by atoms with Crippen LogP contribution < -0.4 is 5.43 Å². The molecule has 70 valence electrons. The van der Waals surface area contributed by atoms with Crippen LogP contribution in [-0.2, 0) is 6.54 Å². The van der Waals surface area contributed by atoms with Crippen LogP contribution in [0.2, 0.25) is 0 Å². The second kappa shape index (κ2) is 4.47. The number of carbonyl (C=O) groups is 1. The summed E-state index contributed by atoms with van der Waals surface area (Å²) in [5.41, 5.74) is 3.54. The molecule has 1 aromatic rings. The minimum atomic E-state index is -0.980. The molecule has 0 saturated heterocycles. The van der Waals surface area contributed by atoms with Crippen LogP contribution in [-0.4, -0.2) is 23.3 Å². The molecular weight excluding hydrogens is 168 g/mol. The van der Waals surface area contributed by atoms with E-state index in [0.717, 1.165) is 10.6 Å². The predicted molar refractivity (Wildman–Crippen MR) is 49.1 cm³/mol. The Bertz CT molecular complexity index is 274. The van der Waals surface area contributed by atoms with E-state index in [9.17, 15) is 4.79 Å². The molecule has 1 rings (SSSR count). The summed E-state index contributed by atoms with van der Waals surface area (Å²) in [4.78, 5) is 10.6. The van der Waals surface area contributed by atoms with E-state index in [1.54, 1.807) is 7.05 Å². The van der Waals surface area contributed by atoms with Gasteiger partial charge in [0.2, 0.25) is 0 Å². The van der Waals surface area contributed by atoms with Gasteiger partial charge in [0.05, 0.1) is 6.54 Å². The first-order chi connectivity index (χ1) is 6.24. The molecule has 1 amide bonds. The van der Waals surface area contributed by atoms with E-state index in [1.807, 2.05) is 30.3 Å². The summed E-state index contributed by atoms with van der Waals surface area (Å²) in [5, 5.41) is 9.82. The van der Waals surface area contributed by atoms with Crippen LogP contribution in [0.15, 0.2) is 30.3 Å². The molecule has 0 heterocycles. The van der Waals surface area contributed by atoms with Crippen LogP contribution in [0.3, 0.4) is 0 Å². The zero-order chi connectivity index (χ0) is 9.68. The highest BCUT2D eigenvalue weighted by molar-refractivity contribution is 5.64. The standard InChI is InChI=1S/C9H12N2O2/c1-10-11(9(12)13)7-8-5-3-2-4-6-8/h2-6,10H,7H2,1H3,(H,12,13). The zero-order valence-electron chi connectivity index (χ0n) is 7.40. The molecule has 0 aliphatic rings. The Balaban J connectivity index is 2.62. The fraction of sp³-hybridized carbons (Fsp3) is 0.222. The van der Waals surface area contributed by atoms with Crippen molar-refractivity contribution in [2.75, 3.05) is 7.05 Å². The van der Waals surface area contributed by atoms with Gasteiger partial charge in [0, 0.05) is 7.05 Å². The van der Waals surface area contributed by atoms with E-state index >= 15 is 0 Å². The van der Waals surface area contributed by atoms with E-state index in [0.29, 0.717) is 6.54 Å². The molecule has 0 spiro atoms. The molecule has 0 unspecified atom stereocenters. The molecule has 0 aromatic heterocycles. The lowest BCUT2D eigenvalue weighted by molar-refractivity contribution is 0.122. The van der Waals surface area contributed by atoms with Gasteiger partial charge in [-0.3, -0.25) is 0 Å². The van der Waals surface area contributed by atoms with Crippen molar-refractivity contribution in [3.8, 4) is 0 Å². The number of nitrogens with one attached hydrogen (secondary N) is 1. The summed E-state index contributed by atoms with van der Waals surface area (Å²) in [5.74, 6) is 0. The van der Waals surface area contributed by atoms with Gasteiger partial charge in [0.25, 0.3) is 0 Å². The molecule has 1 aromatic carbocycles. The molecule has 0 fully saturated rings. The van der Waals surface area contributed by atoms with Crippen LogP contribution in [0, 0.1) is 0 Å². The molecule has 4 nitrogen and oxygen atoms in total. The topological polar surface area (TPSA) is 52.6 Å². The molecule has 0 aliphatic heterocycles. The lowest BCUT2D eigenvalue weighted by Gasteiger charge is -2.16. The minimum absolute atomic E-state index is 0.354. The maximum atomic E-state index is 10.6. The summed E-state index contributed by atoms with van der Waals surface area (Å²) in [6, 6.07) is 9.42. The first-order valence-corrected chi connectivity index (χ1v) is 3.96. The molecule has 0 aliphatic carbocycles. The summed E-state index contributed by atoms with van der Waals surface area (Å²) in [7, 11) is 1.58. The Labute approximate surface area is 76.8 Å². The average Bonchev–Trinajstić information content (AvgIpc) is 2.15. The van der Waals surface area contributed by atoms with Gasteiger partial charge in [-0.25, -0.2) is 15.2 Å². The number of benzene rings is 1. The molecule has 4 heteroatoms. The Morgan fingerprint density at radius 1 is 1.46 bits per heavy atom. The number of hydrogen-bond acceptors (Lipinski definition) is 2. The molecule has 0 bridgehead atoms. The number of nitrogens with zero attached hydrogens (tertiary/aromatic N) is 1. The summed E-state index contributed by atoms with van der Waals surface area (Å²) in [6.07, 6.45) is -0.980. The molecule has 0 atom stereocenters. The second-order valence-electron chi connectivity index (χ2n) is 2.58. The monoisotopic (exact) mass is 180 g/mol. The number of hydrazine groups is 1. The quantitative estimate of drug-likeness (QED) is 0.689. The highest BCUT2D eigenvalue weighted by Crippen LogP contribution is 2.01. The van der Waals surface area contributed by atoms with Crippen molar-refractivity contribution in [2.24, 2.45) is 0 Å². The smallest absolute Gasteiger partial charge is 0.422 e. The summed E-state index contributed by atoms with van der Waals surface area (Å²) in [6.45, 7) is 0.354. The second-order valence-corrected chi connectivity index (χ2v) is 2.58. The van der Waals surface area contributed by atoms with Crippen molar-refractivity contribution < 1.29 is 9.90 Å². The van der Waals surface area contributed by atoms with Gasteiger partial charge in [-0.15, -0.1) is 0 Å². The van der Waals surface area contributed by atoms with Crippen molar-refractivity contribution in [3.05, 3.63) is 35.9 Å². The molecule has 0 radical (unpaired) electrons. The van der Waals surface area contributed by atoms with E-state index in [1.165, 1.54) is 0 Å². The number of amides is 1. The first-order valence-electron chi connectivity index (χ1n) is 3.96. The highest BCUT2D eigenvalue weighted by Gasteiger charge is 2.08. The fourth-order valence-corrected chi connectivity index (χ4v) is 1.01. The van der Waals surface area contributed by atoms with Crippen LogP contribution in [0.25, 0.3) is 0 Å². The van der Waals surface area contributed by atoms with E-state index in [2.05, 4.69) is 5.43 Å². The van der Waals surface area contributed by atoms with Crippen molar-refractivity contribution in [1.29, 1.82) is 0 Å². The van der Waals surface area contributed by atoms with Gasteiger partial charge in [-0.2, -0.15) is 0 Å². The van der Waals surface area contributed by atoms with Gasteiger partial charge in [-0.05, 0) is 5.56 Å². The van der Waals surface area contributed by atoms with E-state index in [4.69, 9.17) is 5.11 Å². The maximum Gasteiger partial charge on any atom is 0.422 e. The number of hydrogen-bond donors (Lipinski definition) is 2. The minimum Gasteiger partial charge on any atom is -0.464 e. The molecule has 0 saturated carbocycles. The maximum absolute atomic E-state index is 10.6. The lowest BCUT2D eigenvalue weighted by atomic mass is 10.2. The van der Waals surface area contributed by atoms with E-state index in [-0.39, 0.29) is 0 Å². The average molecular weight is 180 g/mol. The van der Waals surface area contributed by atoms with Gasteiger partial charge in [0.1, 0.15) is 0 Å². The SMILES string of the molecule is CNN(Cc1ccccc1)C(=O)O. The normalized spacial score (nSPS) is 9.62. The molecule has 2 N–H and O–H groups in total.